The zero-order valence-electron chi connectivity index (χ0n) is 7.99. The zero-order chi connectivity index (χ0) is 12.8. The van der Waals surface area contributed by atoms with Gasteiger partial charge >= 0.3 is 12.1 Å². The van der Waals surface area contributed by atoms with Crippen LogP contribution in [0.4, 0.5) is 13.2 Å². The molecular weight excluding hydrogens is 261 g/mol. The number of halogens is 4. The molecule has 8 heteroatoms. The molecule has 1 N–H and O–H groups in total. The molecule has 0 aliphatic heterocycles. The Morgan fingerprint density at radius 1 is 1.47 bits per heavy atom. The van der Waals surface area contributed by atoms with Gasteiger partial charge in [0.05, 0.1) is 5.56 Å². The van der Waals surface area contributed by atoms with Crippen LogP contribution in [-0.4, -0.2) is 20.5 Å². The summed E-state index contributed by atoms with van der Waals surface area (Å²) in [5.41, 5.74) is -1.56. The standard InChI is InChI=1S/C9H4ClF3N2O2/c10-7-6(8(16)17)14-5-3-4(9(11,12)13)1-2-15(5)7/h1-3H,(H,16,17). The molecule has 0 saturated heterocycles. The third-order valence-corrected chi connectivity index (χ3v) is 2.46. The second-order valence-electron chi connectivity index (χ2n) is 3.20. The molecule has 0 saturated carbocycles. The van der Waals surface area contributed by atoms with Crippen LogP contribution in [0.1, 0.15) is 16.1 Å². The second kappa shape index (κ2) is 3.63. The van der Waals surface area contributed by atoms with Gasteiger partial charge in [0.2, 0.25) is 0 Å². The number of pyridine rings is 1. The molecule has 2 aromatic rings. The summed E-state index contributed by atoms with van der Waals surface area (Å²) in [7, 11) is 0. The monoisotopic (exact) mass is 264 g/mol. The number of carboxylic acids is 1. The van der Waals surface area contributed by atoms with Crippen molar-refractivity contribution in [2.45, 2.75) is 6.18 Å². The van der Waals surface area contributed by atoms with E-state index < -0.39 is 23.4 Å². The number of alkyl halides is 3. The summed E-state index contributed by atoms with van der Waals surface area (Å²) in [5.74, 6) is -1.40. The summed E-state index contributed by atoms with van der Waals surface area (Å²) in [5, 5.41) is 8.48. The maximum atomic E-state index is 12.4. The first-order valence-electron chi connectivity index (χ1n) is 4.29. The molecule has 4 nitrogen and oxygen atoms in total. The molecule has 0 aliphatic rings. The minimum atomic E-state index is -4.51. The lowest BCUT2D eigenvalue weighted by Gasteiger charge is -2.06. The Bertz CT molecular complexity index is 606. The van der Waals surface area contributed by atoms with Crippen LogP contribution >= 0.6 is 11.6 Å². The summed E-state index contributed by atoms with van der Waals surface area (Å²) < 4.78 is 38.3. The van der Waals surface area contributed by atoms with Crippen LogP contribution in [0.15, 0.2) is 18.3 Å². The number of hydrogen-bond donors (Lipinski definition) is 1. The van der Waals surface area contributed by atoms with Crippen LogP contribution in [0, 0.1) is 0 Å². The lowest BCUT2D eigenvalue weighted by molar-refractivity contribution is -0.137. The Hall–Kier alpha value is -1.76. The highest BCUT2D eigenvalue weighted by atomic mass is 35.5. The zero-order valence-corrected chi connectivity index (χ0v) is 8.75. The molecule has 0 aromatic carbocycles. The van der Waals surface area contributed by atoms with Gasteiger partial charge in [0.25, 0.3) is 0 Å². The smallest absolute Gasteiger partial charge is 0.416 e. The molecule has 2 heterocycles. The van der Waals surface area contributed by atoms with Gasteiger partial charge in [-0.2, -0.15) is 13.2 Å². The third-order valence-electron chi connectivity index (χ3n) is 2.10. The minimum absolute atomic E-state index is 0.165. The number of nitrogens with zero attached hydrogens (tertiary/aromatic N) is 2. The normalized spacial score (nSPS) is 12.0. The highest BCUT2D eigenvalue weighted by Crippen LogP contribution is 2.30. The number of fused-ring (bicyclic) bond motifs is 1. The summed E-state index contributed by atoms with van der Waals surface area (Å²) in [6, 6.07) is 1.53. The molecule has 2 rings (SSSR count). The van der Waals surface area contributed by atoms with Crippen LogP contribution in [0.25, 0.3) is 5.65 Å². The number of aromatic nitrogens is 2. The molecule has 17 heavy (non-hydrogen) atoms. The van der Waals surface area contributed by atoms with E-state index >= 15 is 0 Å². The lowest BCUT2D eigenvalue weighted by atomic mass is 10.2. The number of imidazole rings is 1. The first kappa shape index (κ1) is 11.7. The molecule has 0 fully saturated rings. The fourth-order valence-corrected chi connectivity index (χ4v) is 1.59. The van der Waals surface area contributed by atoms with Crippen LogP contribution < -0.4 is 0 Å². The van der Waals surface area contributed by atoms with Crippen LogP contribution in [-0.2, 0) is 6.18 Å². The van der Waals surface area contributed by atoms with Gasteiger partial charge in [-0.25, -0.2) is 9.78 Å². The highest BCUT2D eigenvalue weighted by molar-refractivity contribution is 6.32. The summed E-state index contributed by atoms with van der Waals surface area (Å²) >= 11 is 5.66. The number of carboxylic acid groups (broad SMARTS) is 1. The summed E-state index contributed by atoms with van der Waals surface area (Å²) in [6.07, 6.45) is -3.48. The van der Waals surface area contributed by atoms with Crippen molar-refractivity contribution in [3.05, 3.63) is 34.7 Å². The van der Waals surface area contributed by atoms with Crippen LogP contribution in [0.3, 0.4) is 0 Å². The van der Waals surface area contributed by atoms with Gasteiger partial charge in [0, 0.05) is 6.20 Å². The van der Waals surface area contributed by atoms with E-state index in [0.717, 1.165) is 22.7 Å². The quantitative estimate of drug-likeness (QED) is 0.861. The fraction of sp³-hybridized carbons (Fsp3) is 0.111. The molecule has 0 aliphatic carbocycles. The van der Waals surface area contributed by atoms with Gasteiger partial charge in [-0.15, -0.1) is 0 Å². The Morgan fingerprint density at radius 2 is 2.12 bits per heavy atom. The van der Waals surface area contributed by atoms with Crippen molar-refractivity contribution >= 4 is 23.2 Å². The number of aromatic carboxylic acids is 1. The van der Waals surface area contributed by atoms with Gasteiger partial charge in [-0.3, -0.25) is 4.40 Å². The van der Waals surface area contributed by atoms with Crippen LogP contribution in [0.2, 0.25) is 5.15 Å². The van der Waals surface area contributed by atoms with Crippen molar-refractivity contribution in [3.63, 3.8) is 0 Å². The third kappa shape index (κ3) is 1.93. The van der Waals surface area contributed by atoms with E-state index in [-0.39, 0.29) is 10.8 Å². The Labute approximate surface area is 97.3 Å². The van der Waals surface area contributed by atoms with Crippen LogP contribution in [0.5, 0.6) is 0 Å². The van der Waals surface area contributed by atoms with E-state index in [0.29, 0.717) is 0 Å². The Morgan fingerprint density at radius 3 is 2.65 bits per heavy atom. The largest absolute Gasteiger partial charge is 0.476 e. The average molecular weight is 265 g/mol. The van der Waals surface area contributed by atoms with E-state index in [4.69, 9.17) is 16.7 Å². The van der Waals surface area contributed by atoms with Crippen molar-refractivity contribution in [2.24, 2.45) is 0 Å². The maximum absolute atomic E-state index is 12.4. The fourth-order valence-electron chi connectivity index (χ4n) is 1.33. The molecule has 2 aromatic heterocycles. The summed E-state index contributed by atoms with van der Waals surface area (Å²) in [6.45, 7) is 0. The number of rotatable bonds is 1. The van der Waals surface area contributed by atoms with Gasteiger partial charge in [0.1, 0.15) is 10.8 Å². The SMILES string of the molecule is O=C(O)c1nc2cc(C(F)(F)F)ccn2c1Cl. The van der Waals surface area contributed by atoms with E-state index in [1.165, 1.54) is 0 Å². The average Bonchev–Trinajstić information content (AvgIpc) is 2.54. The topological polar surface area (TPSA) is 54.6 Å². The maximum Gasteiger partial charge on any atom is 0.416 e. The molecule has 0 bridgehead atoms. The predicted molar refractivity (Wildman–Crippen MR) is 52.2 cm³/mol. The van der Waals surface area contributed by atoms with Gasteiger partial charge in [0.15, 0.2) is 5.69 Å². The van der Waals surface area contributed by atoms with Crippen molar-refractivity contribution in [1.29, 1.82) is 0 Å². The predicted octanol–water partition coefficient (Wildman–Crippen LogP) is 2.70. The van der Waals surface area contributed by atoms with Crippen molar-refractivity contribution in [1.82, 2.24) is 9.38 Å². The number of carbonyl (C=O) groups is 1. The summed E-state index contributed by atoms with van der Waals surface area (Å²) in [4.78, 5) is 14.2. The highest BCUT2D eigenvalue weighted by Gasteiger charge is 2.31. The van der Waals surface area contributed by atoms with Gasteiger partial charge in [-0.05, 0) is 12.1 Å². The van der Waals surface area contributed by atoms with E-state index in [1.807, 2.05) is 0 Å². The lowest BCUT2D eigenvalue weighted by Crippen LogP contribution is -2.05. The van der Waals surface area contributed by atoms with E-state index in [9.17, 15) is 18.0 Å². The van der Waals surface area contributed by atoms with E-state index in [1.54, 1.807) is 0 Å². The van der Waals surface area contributed by atoms with Crippen molar-refractivity contribution < 1.29 is 23.1 Å². The number of hydrogen-bond acceptors (Lipinski definition) is 2. The minimum Gasteiger partial charge on any atom is -0.476 e. The Kier molecular flexibility index (Phi) is 2.50. The van der Waals surface area contributed by atoms with Gasteiger partial charge < -0.3 is 5.11 Å². The molecule has 0 unspecified atom stereocenters. The van der Waals surface area contributed by atoms with Crippen molar-refractivity contribution in [3.8, 4) is 0 Å². The molecule has 0 amide bonds. The molecule has 0 radical (unpaired) electrons. The van der Waals surface area contributed by atoms with E-state index in [2.05, 4.69) is 4.98 Å². The molecule has 0 atom stereocenters. The van der Waals surface area contributed by atoms with Gasteiger partial charge in [-0.1, -0.05) is 11.6 Å². The second-order valence-corrected chi connectivity index (χ2v) is 3.56. The Balaban J connectivity index is 2.68. The molecule has 90 valence electrons. The molecule has 0 spiro atoms. The molecular formula is C9H4ClF3N2O2. The van der Waals surface area contributed by atoms with Crippen molar-refractivity contribution in [2.75, 3.05) is 0 Å². The first-order chi connectivity index (χ1) is 7.80. The first-order valence-corrected chi connectivity index (χ1v) is 4.66.